The highest BCUT2D eigenvalue weighted by atomic mass is 16.5. The molecule has 0 saturated carbocycles. The van der Waals surface area contributed by atoms with Crippen LogP contribution in [0.1, 0.15) is 65.2 Å². The van der Waals surface area contributed by atoms with Crippen molar-refractivity contribution in [3.8, 4) is 6.07 Å². The maximum Gasteiger partial charge on any atom is 0.144 e. The number of nitrogens with zero attached hydrogens (tertiary/aromatic N) is 1. The summed E-state index contributed by atoms with van der Waals surface area (Å²) in [6.07, 6.45) is 13.4. The minimum Gasteiger partial charge on any atom is -0.359 e. The molecule has 0 aromatic heterocycles. The van der Waals surface area contributed by atoms with Gasteiger partial charge in [0.25, 0.3) is 0 Å². The van der Waals surface area contributed by atoms with Crippen molar-refractivity contribution in [1.29, 1.82) is 5.26 Å². The van der Waals surface area contributed by atoms with Gasteiger partial charge in [-0.15, -0.1) is 0 Å². The Bertz CT molecular complexity index is 217. The van der Waals surface area contributed by atoms with Gasteiger partial charge < -0.3 is 4.74 Å². The fraction of sp³-hybridized carbons (Fsp3) is 0.800. The Morgan fingerprint density at radius 1 is 1.06 bits per heavy atom. The first kappa shape index (κ1) is 16.2. The minimum atomic E-state index is -0.223. The van der Waals surface area contributed by atoms with Crippen molar-refractivity contribution in [1.82, 2.24) is 0 Å². The lowest BCUT2D eigenvalue weighted by Gasteiger charge is -2.07. The van der Waals surface area contributed by atoms with Crippen LogP contribution in [0.15, 0.2) is 12.2 Å². The lowest BCUT2D eigenvalue weighted by molar-refractivity contribution is 0.106. The van der Waals surface area contributed by atoms with Gasteiger partial charge in [-0.1, -0.05) is 58.1 Å². The highest BCUT2D eigenvalue weighted by Crippen LogP contribution is 2.05. The molecule has 0 bridgehead atoms. The Morgan fingerprint density at radius 2 is 1.82 bits per heavy atom. The Hall–Kier alpha value is -0.810. The molecule has 98 valence electrons. The third-order valence-electron chi connectivity index (χ3n) is 2.75. The number of hydrogen-bond donors (Lipinski definition) is 0. The standard InChI is InChI=1S/C15H27NO/c1-3-5-7-8-9-10-11-13-17-15(14-16)12-6-4-2/h10-11,15H,3-9,12-13H2,1-2H3/b11-10+. The third kappa shape index (κ3) is 11.5. The molecule has 2 nitrogen and oxygen atoms in total. The van der Waals surface area contributed by atoms with Crippen molar-refractivity contribution in [2.45, 2.75) is 71.3 Å². The average Bonchev–Trinajstić information content (AvgIpc) is 2.36. The molecule has 0 N–H and O–H groups in total. The van der Waals surface area contributed by atoms with Crippen LogP contribution in [0.3, 0.4) is 0 Å². The zero-order chi connectivity index (χ0) is 12.8. The predicted octanol–water partition coefficient (Wildman–Crippen LogP) is 4.61. The van der Waals surface area contributed by atoms with Gasteiger partial charge in [0.15, 0.2) is 0 Å². The van der Waals surface area contributed by atoms with Crippen molar-refractivity contribution in [3.63, 3.8) is 0 Å². The first-order valence-electron chi connectivity index (χ1n) is 7.01. The summed E-state index contributed by atoms with van der Waals surface area (Å²) in [5.74, 6) is 0. The highest BCUT2D eigenvalue weighted by Gasteiger charge is 2.04. The summed E-state index contributed by atoms with van der Waals surface area (Å²) in [4.78, 5) is 0. The molecule has 0 aromatic carbocycles. The van der Waals surface area contributed by atoms with Crippen molar-refractivity contribution in [2.75, 3.05) is 6.61 Å². The topological polar surface area (TPSA) is 33.0 Å². The molecular weight excluding hydrogens is 210 g/mol. The number of unbranched alkanes of at least 4 members (excludes halogenated alkanes) is 5. The predicted molar refractivity (Wildman–Crippen MR) is 72.8 cm³/mol. The second-order valence-corrected chi connectivity index (χ2v) is 4.41. The summed E-state index contributed by atoms with van der Waals surface area (Å²) in [5, 5.41) is 8.85. The van der Waals surface area contributed by atoms with Gasteiger partial charge in [-0.25, -0.2) is 0 Å². The fourth-order valence-corrected chi connectivity index (χ4v) is 1.62. The molecule has 0 spiro atoms. The third-order valence-corrected chi connectivity index (χ3v) is 2.75. The van der Waals surface area contributed by atoms with Gasteiger partial charge in [-0.2, -0.15) is 5.26 Å². The lowest BCUT2D eigenvalue weighted by atomic mass is 10.1. The second kappa shape index (κ2) is 13.3. The van der Waals surface area contributed by atoms with Gasteiger partial charge in [-0.05, 0) is 19.3 Å². The molecule has 1 atom stereocenters. The van der Waals surface area contributed by atoms with Crippen LogP contribution in [0.2, 0.25) is 0 Å². The summed E-state index contributed by atoms with van der Waals surface area (Å²) in [6, 6.07) is 2.20. The maximum absolute atomic E-state index is 8.85. The molecule has 17 heavy (non-hydrogen) atoms. The van der Waals surface area contributed by atoms with Gasteiger partial charge >= 0.3 is 0 Å². The molecule has 0 amide bonds. The number of nitriles is 1. The summed E-state index contributed by atoms with van der Waals surface area (Å²) >= 11 is 0. The highest BCUT2D eigenvalue weighted by molar-refractivity contribution is 4.87. The molecule has 0 aliphatic rings. The van der Waals surface area contributed by atoms with Crippen LogP contribution >= 0.6 is 0 Å². The zero-order valence-electron chi connectivity index (χ0n) is 11.5. The van der Waals surface area contributed by atoms with Crippen molar-refractivity contribution >= 4 is 0 Å². The van der Waals surface area contributed by atoms with E-state index in [1.807, 2.05) is 6.08 Å². The fourth-order valence-electron chi connectivity index (χ4n) is 1.62. The van der Waals surface area contributed by atoms with E-state index in [1.165, 1.54) is 25.7 Å². The average molecular weight is 237 g/mol. The summed E-state index contributed by atoms with van der Waals surface area (Å²) in [5.41, 5.74) is 0. The van der Waals surface area contributed by atoms with E-state index in [-0.39, 0.29) is 6.10 Å². The van der Waals surface area contributed by atoms with E-state index in [2.05, 4.69) is 26.0 Å². The van der Waals surface area contributed by atoms with E-state index in [1.54, 1.807) is 0 Å². The number of rotatable bonds is 11. The number of allylic oxidation sites excluding steroid dienone is 1. The molecule has 0 aliphatic carbocycles. The second-order valence-electron chi connectivity index (χ2n) is 4.41. The van der Waals surface area contributed by atoms with E-state index >= 15 is 0 Å². The summed E-state index contributed by atoms with van der Waals surface area (Å²) < 4.78 is 5.47. The Kier molecular flexibility index (Phi) is 12.6. The van der Waals surface area contributed by atoms with Crippen LogP contribution in [0.5, 0.6) is 0 Å². The van der Waals surface area contributed by atoms with Gasteiger partial charge in [0.2, 0.25) is 0 Å². The lowest BCUT2D eigenvalue weighted by Crippen LogP contribution is -2.10. The minimum absolute atomic E-state index is 0.223. The molecule has 0 radical (unpaired) electrons. The molecule has 0 heterocycles. The van der Waals surface area contributed by atoms with E-state index in [0.717, 1.165) is 25.7 Å². The first-order chi connectivity index (χ1) is 8.35. The van der Waals surface area contributed by atoms with E-state index < -0.39 is 0 Å². The summed E-state index contributed by atoms with van der Waals surface area (Å²) in [6.45, 7) is 4.93. The van der Waals surface area contributed by atoms with E-state index in [0.29, 0.717) is 6.61 Å². The first-order valence-corrected chi connectivity index (χ1v) is 7.01. The Balaban J connectivity index is 3.40. The van der Waals surface area contributed by atoms with Crippen LogP contribution in [0, 0.1) is 11.3 Å². The number of hydrogen-bond acceptors (Lipinski definition) is 2. The van der Waals surface area contributed by atoms with Crippen molar-refractivity contribution in [2.24, 2.45) is 0 Å². The van der Waals surface area contributed by atoms with Crippen LogP contribution in [-0.4, -0.2) is 12.7 Å². The molecule has 0 fully saturated rings. The largest absolute Gasteiger partial charge is 0.359 e. The Labute approximate surface area is 107 Å². The maximum atomic E-state index is 8.85. The van der Waals surface area contributed by atoms with Crippen LogP contribution in [0.4, 0.5) is 0 Å². The zero-order valence-corrected chi connectivity index (χ0v) is 11.5. The van der Waals surface area contributed by atoms with E-state index in [9.17, 15) is 0 Å². The molecule has 1 unspecified atom stereocenters. The van der Waals surface area contributed by atoms with Gasteiger partial charge in [0.1, 0.15) is 6.10 Å². The van der Waals surface area contributed by atoms with Gasteiger partial charge in [-0.3, -0.25) is 0 Å². The van der Waals surface area contributed by atoms with Gasteiger partial charge in [0.05, 0.1) is 12.7 Å². The molecule has 0 aliphatic heterocycles. The Morgan fingerprint density at radius 3 is 2.47 bits per heavy atom. The molecular formula is C15H27NO. The molecule has 0 saturated heterocycles. The quantitative estimate of drug-likeness (QED) is 0.388. The van der Waals surface area contributed by atoms with Gasteiger partial charge in [0, 0.05) is 0 Å². The molecule has 0 rings (SSSR count). The monoisotopic (exact) mass is 237 g/mol. The van der Waals surface area contributed by atoms with Crippen LogP contribution in [-0.2, 0) is 4.74 Å². The number of ether oxygens (including phenoxy) is 1. The molecule has 2 heteroatoms. The smallest absolute Gasteiger partial charge is 0.144 e. The van der Waals surface area contributed by atoms with Crippen LogP contribution in [0.25, 0.3) is 0 Å². The van der Waals surface area contributed by atoms with Crippen molar-refractivity contribution < 1.29 is 4.74 Å². The van der Waals surface area contributed by atoms with Crippen LogP contribution < -0.4 is 0 Å². The van der Waals surface area contributed by atoms with E-state index in [4.69, 9.17) is 10.00 Å². The normalized spacial score (nSPS) is 12.8. The molecule has 0 aromatic rings. The van der Waals surface area contributed by atoms with Crippen molar-refractivity contribution in [3.05, 3.63) is 12.2 Å². The SMILES string of the molecule is CCCCCC/C=C/COC(C#N)CCCC. The summed E-state index contributed by atoms with van der Waals surface area (Å²) in [7, 11) is 0.